The lowest BCUT2D eigenvalue weighted by Gasteiger charge is -2.20. The molecule has 1 N–H and O–H groups in total. The van der Waals surface area contributed by atoms with E-state index in [0.29, 0.717) is 6.54 Å². The van der Waals surface area contributed by atoms with Gasteiger partial charge in [0.1, 0.15) is 12.4 Å². The minimum atomic E-state index is 0.183. The number of imidazole rings is 1. The quantitative estimate of drug-likeness (QED) is 0.335. The summed E-state index contributed by atoms with van der Waals surface area (Å²) in [5.74, 6) is 0.964. The molecule has 1 aliphatic rings. The standard InChI is InChI=1S/C29H26N6O/c36-24(34-15-5-1-2-6-16-34)18-35-17-22(19-9-3-4-12-23(19)35)29-32-27-20-10-7-13-30-25(20)26-21(28(27)33-29)11-8-14-31-26/h3-4,7-14,17H,1-2,5-6,15-16,18H2,(H,32,33). The molecule has 5 heterocycles. The number of aromatic nitrogens is 5. The molecule has 0 atom stereocenters. The van der Waals surface area contributed by atoms with Crippen molar-refractivity contribution < 1.29 is 4.79 Å². The highest BCUT2D eigenvalue weighted by Gasteiger charge is 2.20. The molecule has 0 saturated carbocycles. The highest BCUT2D eigenvalue weighted by atomic mass is 16.2. The molecule has 0 radical (unpaired) electrons. The van der Waals surface area contributed by atoms with Crippen LogP contribution in [0, 0.1) is 0 Å². The van der Waals surface area contributed by atoms with E-state index in [1.165, 1.54) is 12.8 Å². The van der Waals surface area contributed by atoms with Crippen molar-refractivity contribution in [3.05, 3.63) is 67.1 Å². The third-order valence-electron chi connectivity index (χ3n) is 7.38. The molecule has 0 bridgehead atoms. The van der Waals surface area contributed by atoms with Crippen molar-refractivity contribution in [3.8, 4) is 11.4 Å². The summed E-state index contributed by atoms with van der Waals surface area (Å²) in [6, 6.07) is 16.2. The average Bonchev–Trinajstić information content (AvgIpc) is 3.41. The number of pyridine rings is 2. The number of aromatic amines is 1. The number of nitrogens with one attached hydrogen (secondary N) is 1. The lowest BCUT2D eigenvalue weighted by Crippen LogP contribution is -2.34. The maximum atomic E-state index is 13.2. The summed E-state index contributed by atoms with van der Waals surface area (Å²) in [5.41, 5.74) is 5.57. The van der Waals surface area contributed by atoms with Gasteiger partial charge in [-0.25, -0.2) is 4.98 Å². The van der Waals surface area contributed by atoms with Crippen LogP contribution in [0.4, 0.5) is 0 Å². The molecule has 4 aromatic heterocycles. The summed E-state index contributed by atoms with van der Waals surface area (Å²) >= 11 is 0. The van der Waals surface area contributed by atoms with Crippen molar-refractivity contribution in [3.63, 3.8) is 0 Å². The van der Waals surface area contributed by atoms with Crippen molar-refractivity contribution in [2.45, 2.75) is 32.2 Å². The smallest absolute Gasteiger partial charge is 0.242 e. The fraction of sp³-hybridized carbons (Fsp3) is 0.241. The van der Waals surface area contributed by atoms with Crippen LogP contribution >= 0.6 is 0 Å². The molecule has 7 heteroatoms. The number of hydrogen-bond donors (Lipinski definition) is 1. The Morgan fingerprint density at radius 2 is 1.50 bits per heavy atom. The predicted octanol–water partition coefficient (Wildman–Crippen LogP) is 5.68. The van der Waals surface area contributed by atoms with Gasteiger partial charge < -0.3 is 14.5 Å². The van der Waals surface area contributed by atoms with E-state index < -0.39 is 0 Å². The molecule has 7 rings (SSSR count). The van der Waals surface area contributed by atoms with Gasteiger partial charge in [-0.1, -0.05) is 31.0 Å². The number of carbonyl (C=O) groups excluding carboxylic acids is 1. The molecule has 2 aromatic carbocycles. The fourth-order valence-corrected chi connectivity index (χ4v) is 5.60. The topological polar surface area (TPSA) is 79.7 Å². The van der Waals surface area contributed by atoms with Crippen LogP contribution in [0.2, 0.25) is 0 Å². The average molecular weight is 475 g/mol. The number of nitrogens with zero attached hydrogens (tertiary/aromatic N) is 5. The molecule has 36 heavy (non-hydrogen) atoms. The second kappa shape index (κ2) is 8.45. The maximum Gasteiger partial charge on any atom is 0.242 e. The van der Waals surface area contributed by atoms with E-state index in [0.717, 1.165) is 81.1 Å². The number of amides is 1. The molecule has 0 unspecified atom stereocenters. The summed E-state index contributed by atoms with van der Waals surface area (Å²) in [6.07, 6.45) is 10.3. The van der Waals surface area contributed by atoms with Crippen molar-refractivity contribution >= 4 is 49.6 Å². The monoisotopic (exact) mass is 474 g/mol. The van der Waals surface area contributed by atoms with Gasteiger partial charge in [0, 0.05) is 58.9 Å². The van der Waals surface area contributed by atoms with Crippen LogP contribution in [-0.4, -0.2) is 48.4 Å². The molecule has 1 fully saturated rings. The zero-order chi connectivity index (χ0) is 24.1. The summed E-state index contributed by atoms with van der Waals surface area (Å²) in [5, 5.41) is 3.05. The molecule has 0 spiro atoms. The summed E-state index contributed by atoms with van der Waals surface area (Å²) in [4.78, 5) is 33.1. The van der Waals surface area contributed by atoms with E-state index in [4.69, 9.17) is 4.98 Å². The lowest BCUT2D eigenvalue weighted by molar-refractivity contribution is -0.131. The van der Waals surface area contributed by atoms with Gasteiger partial charge in [0.25, 0.3) is 0 Å². The van der Waals surface area contributed by atoms with Gasteiger partial charge in [0.2, 0.25) is 5.91 Å². The Balaban J connectivity index is 1.38. The van der Waals surface area contributed by atoms with Crippen LogP contribution in [0.3, 0.4) is 0 Å². The van der Waals surface area contributed by atoms with E-state index in [2.05, 4.69) is 43.9 Å². The molecule has 7 nitrogen and oxygen atoms in total. The van der Waals surface area contributed by atoms with Crippen LogP contribution in [0.1, 0.15) is 25.7 Å². The number of hydrogen-bond acceptors (Lipinski definition) is 4. The number of carbonyl (C=O) groups is 1. The largest absolute Gasteiger partial charge is 0.341 e. The highest BCUT2D eigenvalue weighted by molar-refractivity contribution is 6.21. The molecule has 6 aromatic rings. The van der Waals surface area contributed by atoms with Crippen LogP contribution in [0.5, 0.6) is 0 Å². The van der Waals surface area contributed by atoms with Crippen molar-refractivity contribution in [2.24, 2.45) is 0 Å². The van der Waals surface area contributed by atoms with E-state index in [9.17, 15) is 4.79 Å². The molecule has 1 amide bonds. The third-order valence-corrected chi connectivity index (χ3v) is 7.38. The Morgan fingerprint density at radius 1 is 0.806 bits per heavy atom. The van der Waals surface area contributed by atoms with Crippen LogP contribution in [-0.2, 0) is 11.3 Å². The molecule has 178 valence electrons. The first-order chi connectivity index (χ1) is 17.8. The number of fused-ring (bicyclic) bond motifs is 7. The van der Waals surface area contributed by atoms with E-state index in [1.54, 1.807) is 12.4 Å². The Bertz CT molecular complexity index is 1680. The molecule has 0 aliphatic carbocycles. The van der Waals surface area contributed by atoms with Crippen LogP contribution < -0.4 is 0 Å². The number of H-pyrrole nitrogens is 1. The van der Waals surface area contributed by atoms with Gasteiger partial charge in [0.15, 0.2) is 0 Å². The zero-order valence-electron chi connectivity index (χ0n) is 19.9. The first-order valence-corrected chi connectivity index (χ1v) is 12.6. The minimum Gasteiger partial charge on any atom is -0.341 e. The van der Waals surface area contributed by atoms with E-state index >= 15 is 0 Å². The predicted molar refractivity (Wildman–Crippen MR) is 143 cm³/mol. The Hall–Kier alpha value is -4.26. The molecule has 1 aliphatic heterocycles. The molecule has 1 saturated heterocycles. The highest BCUT2D eigenvalue weighted by Crippen LogP contribution is 2.35. The van der Waals surface area contributed by atoms with Gasteiger partial charge in [0.05, 0.1) is 22.1 Å². The zero-order valence-corrected chi connectivity index (χ0v) is 19.9. The SMILES string of the molecule is O=C(Cn1cc(-c2nc3c4cccnc4c4ncccc4c3[nH]2)c2ccccc21)N1CCCCCC1. The van der Waals surface area contributed by atoms with Gasteiger partial charge in [-0.2, -0.15) is 0 Å². The van der Waals surface area contributed by atoms with Gasteiger partial charge in [-0.15, -0.1) is 0 Å². The summed E-state index contributed by atoms with van der Waals surface area (Å²) in [6.45, 7) is 2.05. The normalized spacial score (nSPS) is 14.7. The van der Waals surface area contributed by atoms with E-state index in [1.807, 2.05) is 35.2 Å². The van der Waals surface area contributed by atoms with Crippen LogP contribution in [0.15, 0.2) is 67.1 Å². The second-order valence-corrected chi connectivity index (χ2v) is 9.59. The van der Waals surface area contributed by atoms with Gasteiger partial charge in [-0.05, 0) is 43.2 Å². The Kier molecular flexibility index (Phi) is 4.94. The Labute approximate surface area is 207 Å². The van der Waals surface area contributed by atoms with Crippen molar-refractivity contribution in [2.75, 3.05) is 13.1 Å². The first-order valence-electron chi connectivity index (χ1n) is 12.6. The number of rotatable bonds is 3. The third kappa shape index (κ3) is 3.34. The van der Waals surface area contributed by atoms with Crippen LogP contribution in [0.25, 0.3) is 55.1 Å². The number of benzene rings is 2. The maximum absolute atomic E-state index is 13.2. The summed E-state index contributed by atoms with van der Waals surface area (Å²) < 4.78 is 2.07. The first kappa shape index (κ1) is 21.1. The van der Waals surface area contributed by atoms with Gasteiger partial charge >= 0.3 is 0 Å². The summed E-state index contributed by atoms with van der Waals surface area (Å²) in [7, 11) is 0. The minimum absolute atomic E-state index is 0.183. The molecular formula is C29H26N6O. The Morgan fingerprint density at radius 3 is 2.31 bits per heavy atom. The fourth-order valence-electron chi connectivity index (χ4n) is 5.60. The number of para-hydroxylation sites is 1. The van der Waals surface area contributed by atoms with Crippen molar-refractivity contribution in [1.29, 1.82) is 0 Å². The molecular weight excluding hydrogens is 448 g/mol. The van der Waals surface area contributed by atoms with Crippen molar-refractivity contribution in [1.82, 2.24) is 29.4 Å². The second-order valence-electron chi connectivity index (χ2n) is 9.59. The van der Waals surface area contributed by atoms with E-state index in [-0.39, 0.29) is 5.91 Å². The lowest BCUT2D eigenvalue weighted by atomic mass is 10.1. The number of likely N-dealkylation sites (tertiary alicyclic amines) is 1. The van der Waals surface area contributed by atoms with Gasteiger partial charge in [-0.3, -0.25) is 14.8 Å².